The summed E-state index contributed by atoms with van der Waals surface area (Å²) >= 11 is 18.3. The van der Waals surface area contributed by atoms with E-state index in [4.69, 9.17) is 34.8 Å². The molecule has 3 aromatic rings. The zero-order valence-electron chi connectivity index (χ0n) is 12.4. The number of ketones is 1. The van der Waals surface area contributed by atoms with Crippen molar-refractivity contribution < 1.29 is 4.79 Å². The van der Waals surface area contributed by atoms with Gasteiger partial charge < -0.3 is 10.3 Å². The minimum Gasteiger partial charge on any atom is -0.341 e. The summed E-state index contributed by atoms with van der Waals surface area (Å²) in [7, 11) is 0. The summed E-state index contributed by atoms with van der Waals surface area (Å²) in [6.45, 7) is 1.31. The highest BCUT2D eigenvalue weighted by Gasteiger charge is 2.21. The fourth-order valence-corrected chi connectivity index (χ4v) is 3.20. The number of carbonyl (C=O) groups is 1. The molecule has 2 N–H and O–H groups in total. The molecule has 0 amide bonds. The molecule has 1 heterocycles. The van der Waals surface area contributed by atoms with Crippen LogP contribution in [0.15, 0.2) is 41.2 Å². The second-order valence-corrected chi connectivity index (χ2v) is 6.35. The maximum absolute atomic E-state index is 12.8. The molecule has 0 unspecified atom stereocenters. The summed E-state index contributed by atoms with van der Waals surface area (Å²) in [5.41, 5.74) is 0.473. The van der Waals surface area contributed by atoms with Crippen molar-refractivity contribution >= 4 is 63.0 Å². The Bertz CT molecular complexity index is 1010. The molecule has 0 atom stereocenters. The summed E-state index contributed by atoms with van der Waals surface area (Å²) < 4.78 is 0. The molecule has 1 aromatic heterocycles. The Hall–Kier alpha value is -2.01. The quantitative estimate of drug-likeness (QED) is 0.469. The van der Waals surface area contributed by atoms with Crippen molar-refractivity contribution in [3.63, 3.8) is 0 Å². The minimum absolute atomic E-state index is 0.0356. The molecule has 0 radical (unpaired) electrons. The number of pyridine rings is 1. The summed E-state index contributed by atoms with van der Waals surface area (Å²) in [4.78, 5) is 27.9. The number of hydrogen-bond donors (Lipinski definition) is 2. The number of para-hydroxylation sites is 1. The number of benzene rings is 2. The number of nitrogens with one attached hydrogen (secondary N) is 2. The minimum atomic E-state index is -0.524. The molecule has 0 spiro atoms. The predicted molar refractivity (Wildman–Crippen MR) is 99.3 cm³/mol. The number of hydrogen-bond acceptors (Lipinski definition) is 3. The highest BCUT2D eigenvalue weighted by Crippen LogP contribution is 2.35. The van der Waals surface area contributed by atoms with E-state index < -0.39 is 11.2 Å². The number of fused-ring (bicyclic) bond motifs is 1. The Morgan fingerprint density at radius 1 is 1.08 bits per heavy atom. The van der Waals surface area contributed by atoms with Crippen molar-refractivity contribution in [2.45, 2.75) is 6.92 Å². The first kappa shape index (κ1) is 16.8. The number of H-pyrrole nitrogens is 1. The van der Waals surface area contributed by atoms with Crippen molar-refractivity contribution in [1.82, 2.24) is 4.98 Å². The van der Waals surface area contributed by atoms with Crippen LogP contribution in [0.4, 0.5) is 11.5 Å². The number of aromatic amines is 1. The third kappa shape index (κ3) is 2.88. The smallest absolute Gasteiger partial charge is 0.203 e. The second kappa shape index (κ2) is 6.48. The van der Waals surface area contributed by atoms with E-state index in [-0.39, 0.29) is 31.8 Å². The molecule has 0 fully saturated rings. The van der Waals surface area contributed by atoms with Crippen LogP contribution in [0.3, 0.4) is 0 Å². The van der Waals surface area contributed by atoms with E-state index in [0.717, 1.165) is 0 Å². The summed E-state index contributed by atoms with van der Waals surface area (Å²) in [6, 6.07) is 10.6. The molecule has 0 aliphatic rings. The van der Waals surface area contributed by atoms with Gasteiger partial charge in [0, 0.05) is 5.69 Å². The first-order valence-corrected chi connectivity index (χ1v) is 8.10. The molecule has 0 saturated heterocycles. The lowest BCUT2D eigenvalue weighted by atomic mass is 10.1. The fraction of sp³-hybridized carbons (Fsp3) is 0.0588. The number of Topliss-reactive ketones (excluding diaryl/α,β-unsaturated/α-hetero) is 1. The van der Waals surface area contributed by atoms with Gasteiger partial charge >= 0.3 is 0 Å². The van der Waals surface area contributed by atoms with Gasteiger partial charge in [0.25, 0.3) is 0 Å². The molecule has 0 aliphatic carbocycles. The number of aromatic nitrogens is 1. The molecule has 0 saturated carbocycles. The van der Waals surface area contributed by atoms with Gasteiger partial charge in [-0.15, -0.1) is 0 Å². The van der Waals surface area contributed by atoms with Gasteiger partial charge in [-0.2, -0.15) is 0 Å². The van der Waals surface area contributed by atoms with Crippen LogP contribution in [-0.2, 0) is 0 Å². The second-order valence-electron chi connectivity index (χ2n) is 5.16. The lowest BCUT2D eigenvalue weighted by Gasteiger charge is -2.13. The van der Waals surface area contributed by atoms with Crippen LogP contribution < -0.4 is 10.7 Å². The largest absolute Gasteiger partial charge is 0.341 e. The van der Waals surface area contributed by atoms with Gasteiger partial charge in [0.2, 0.25) is 5.43 Å². The Morgan fingerprint density at radius 2 is 1.75 bits per heavy atom. The zero-order chi connectivity index (χ0) is 17.4. The highest BCUT2D eigenvalue weighted by atomic mass is 35.5. The van der Waals surface area contributed by atoms with Gasteiger partial charge in [0.1, 0.15) is 11.4 Å². The number of anilines is 2. The summed E-state index contributed by atoms with van der Waals surface area (Å²) in [5, 5.41) is 3.58. The SMILES string of the molecule is CC(=O)c1c(Nc2ccccc2)[nH]c2c(Cl)cc(Cl)c(Cl)c2c1=O. The molecule has 4 nitrogen and oxygen atoms in total. The summed E-state index contributed by atoms with van der Waals surface area (Å²) in [5.74, 6) is -0.143. The standard InChI is InChI=1S/C17H11Cl3N2O2/c1-8(23)12-16(24)13-14(20)10(18)7-11(19)15(13)22-17(12)21-9-5-3-2-4-6-9/h2-7H,1H3,(H2,21,22,24). The maximum atomic E-state index is 12.8. The third-order valence-corrected chi connectivity index (χ3v) is 4.61. The van der Waals surface area contributed by atoms with Crippen LogP contribution in [0.2, 0.25) is 15.1 Å². The van der Waals surface area contributed by atoms with Gasteiger partial charge in [0.15, 0.2) is 5.78 Å². The Morgan fingerprint density at radius 3 is 2.38 bits per heavy atom. The molecule has 0 aliphatic heterocycles. The highest BCUT2D eigenvalue weighted by molar-refractivity contribution is 6.47. The van der Waals surface area contributed by atoms with E-state index in [1.54, 1.807) is 0 Å². The summed E-state index contributed by atoms with van der Waals surface area (Å²) in [6.07, 6.45) is 0. The molecule has 24 heavy (non-hydrogen) atoms. The lowest BCUT2D eigenvalue weighted by Crippen LogP contribution is -2.18. The number of carbonyl (C=O) groups excluding carboxylic acids is 1. The van der Waals surface area contributed by atoms with Gasteiger partial charge in [-0.05, 0) is 25.1 Å². The van der Waals surface area contributed by atoms with Crippen LogP contribution in [-0.4, -0.2) is 10.8 Å². The zero-order valence-corrected chi connectivity index (χ0v) is 14.7. The Kier molecular flexibility index (Phi) is 4.54. The molecule has 7 heteroatoms. The van der Waals surface area contributed by atoms with Gasteiger partial charge in [-0.25, -0.2) is 0 Å². The van der Waals surface area contributed by atoms with Crippen molar-refractivity contribution in [2.75, 3.05) is 5.32 Å². The fourth-order valence-electron chi connectivity index (χ4n) is 2.45. The predicted octanol–water partition coefficient (Wildman–Crippen LogP) is 5.43. The number of rotatable bonds is 3. The van der Waals surface area contributed by atoms with E-state index in [1.807, 2.05) is 30.3 Å². The van der Waals surface area contributed by atoms with Gasteiger partial charge in [-0.3, -0.25) is 9.59 Å². The number of halogens is 3. The van der Waals surface area contributed by atoms with E-state index in [2.05, 4.69) is 10.3 Å². The maximum Gasteiger partial charge on any atom is 0.203 e. The van der Waals surface area contributed by atoms with Gasteiger partial charge in [-0.1, -0.05) is 53.0 Å². The lowest BCUT2D eigenvalue weighted by molar-refractivity contribution is 0.101. The van der Waals surface area contributed by atoms with Crippen molar-refractivity contribution in [1.29, 1.82) is 0 Å². The molecular formula is C17H11Cl3N2O2. The molecule has 0 bridgehead atoms. The van der Waals surface area contributed by atoms with E-state index >= 15 is 0 Å². The average Bonchev–Trinajstić information content (AvgIpc) is 2.53. The van der Waals surface area contributed by atoms with Crippen molar-refractivity contribution in [3.8, 4) is 0 Å². The van der Waals surface area contributed by atoms with Gasteiger partial charge in [0.05, 0.1) is 26.0 Å². The first-order chi connectivity index (χ1) is 11.4. The molecule has 2 aromatic carbocycles. The molecule has 3 rings (SSSR count). The van der Waals surface area contributed by atoms with Crippen LogP contribution >= 0.6 is 34.8 Å². The monoisotopic (exact) mass is 380 g/mol. The van der Waals surface area contributed by atoms with Crippen LogP contribution in [0.25, 0.3) is 10.9 Å². The van der Waals surface area contributed by atoms with Crippen molar-refractivity contribution in [3.05, 3.63) is 67.3 Å². The Labute approximate surface area is 152 Å². The van der Waals surface area contributed by atoms with E-state index in [0.29, 0.717) is 11.2 Å². The van der Waals surface area contributed by atoms with E-state index in [9.17, 15) is 9.59 Å². The normalized spacial score (nSPS) is 10.8. The van der Waals surface area contributed by atoms with Crippen LogP contribution in [0.5, 0.6) is 0 Å². The van der Waals surface area contributed by atoms with E-state index in [1.165, 1.54) is 13.0 Å². The van der Waals surface area contributed by atoms with Crippen LogP contribution in [0, 0.1) is 0 Å². The first-order valence-electron chi connectivity index (χ1n) is 6.96. The van der Waals surface area contributed by atoms with Crippen molar-refractivity contribution in [2.24, 2.45) is 0 Å². The average molecular weight is 382 g/mol. The molecular weight excluding hydrogens is 371 g/mol. The molecule has 122 valence electrons. The third-order valence-electron chi connectivity index (χ3n) is 3.52. The Balaban J connectivity index is 2.35. The topological polar surface area (TPSA) is 62.0 Å². The van der Waals surface area contributed by atoms with Crippen LogP contribution in [0.1, 0.15) is 17.3 Å².